The Morgan fingerprint density at radius 2 is 1.58 bits per heavy atom. The Morgan fingerprint density at radius 1 is 0.974 bits per heavy atom. The number of ether oxygens (including phenoxy) is 1. The van der Waals surface area contributed by atoms with Crippen molar-refractivity contribution in [1.29, 1.82) is 0 Å². The minimum absolute atomic E-state index is 0.0147. The fraction of sp³-hybridized carbons (Fsp3) is 0.625. The maximum absolute atomic E-state index is 11.5. The summed E-state index contributed by atoms with van der Waals surface area (Å²) < 4.78 is 12.2. The molecule has 1 heterocycles. The zero-order valence-corrected chi connectivity index (χ0v) is 26.1. The highest BCUT2D eigenvalue weighted by molar-refractivity contribution is 6.78. The summed E-state index contributed by atoms with van der Waals surface area (Å²) in [5.74, 6) is 0.961. The van der Waals surface area contributed by atoms with Crippen molar-refractivity contribution in [2.45, 2.75) is 116 Å². The molecule has 3 atom stereocenters. The van der Waals surface area contributed by atoms with Crippen molar-refractivity contribution < 1.29 is 19.4 Å². The SMILES string of the molecule is COCc1ccc(C2(O)CCNC(CC(O)c3cc(C)c(O[Si](C(C)C)(C(C)C)C(C)C)cc3C)C2)cc1. The summed E-state index contributed by atoms with van der Waals surface area (Å²) in [6.45, 7) is 19.3. The highest BCUT2D eigenvalue weighted by atomic mass is 28.4. The predicted molar refractivity (Wildman–Crippen MR) is 159 cm³/mol. The first-order chi connectivity index (χ1) is 17.8. The van der Waals surface area contributed by atoms with E-state index in [4.69, 9.17) is 9.16 Å². The molecule has 1 aliphatic rings. The number of rotatable bonds is 11. The van der Waals surface area contributed by atoms with Crippen molar-refractivity contribution in [3.8, 4) is 5.75 Å². The summed E-state index contributed by atoms with van der Waals surface area (Å²) >= 11 is 0. The first-order valence-electron chi connectivity index (χ1n) is 14.4. The quantitative estimate of drug-likeness (QED) is 0.266. The van der Waals surface area contributed by atoms with Gasteiger partial charge in [0.15, 0.2) is 0 Å². The Hall–Kier alpha value is -1.70. The summed E-state index contributed by atoms with van der Waals surface area (Å²) in [6, 6.07) is 12.3. The van der Waals surface area contributed by atoms with Gasteiger partial charge in [-0.05, 0) is 96.2 Å². The van der Waals surface area contributed by atoms with Crippen LogP contribution in [0.2, 0.25) is 16.6 Å². The smallest absolute Gasteiger partial charge is 0.258 e. The van der Waals surface area contributed by atoms with Gasteiger partial charge in [-0.25, -0.2) is 0 Å². The zero-order chi connectivity index (χ0) is 28.3. The van der Waals surface area contributed by atoms with Crippen molar-refractivity contribution >= 4 is 8.32 Å². The van der Waals surface area contributed by atoms with Crippen LogP contribution in [0.3, 0.4) is 0 Å². The average Bonchev–Trinajstić information content (AvgIpc) is 2.84. The van der Waals surface area contributed by atoms with E-state index in [0.717, 1.165) is 33.6 Å². The molecule has 0 saturated carbocycles. The summed E-state index contributed by atoms with van der Waals surface area (Å²) in [5, 5.41) is 26.4. The standard InChI is InChI=1S/C32H51NO4Si/c1-21(2)38(22(3)4,23(5)6)37-31-17-24(7)29(16-25(31)8)30(34)18-28-19-32(35,14-15-33-28)27-12-10-26(11-13-27)20-36-9/h10-13,16-17,21-23,28,30,33-35H,14-15,18-20H2,1-9H3. The van der Waals surface area contributed by atoms with E-state index < -0.39 is 20.0 Å². The molecule has 1 aliphatic heterocycles. The molecule has 2 aromatic rings. The fourth-order valence-corrected chi connectivity index (χ4v) is 12.1. The van der Waals surface area contributed by atoms with Crippen LogP contribution in [0.4, 0.5) is 0 Å². The van der Waals surface area contributed by atoms with Gasteiger partial charge in [0.1, 0.15) is 5.75 Å². The lowest BCUT2D eigenvalue weighted by atomic mass is 9.79. The molecule has 0 spiro atoms. The molecule has 0 amide bonds. The van der Waals surface area contributed by atoms with E-state index in [9.17, 15) is 10.2 Å². The van der Waals surface area contributed by atoms with Crippen LogP contribution >= 0.6 is 0 Å². The van der Waals surface area contributed by atoms with Gasteiger partial charge in [-0.1, -0.05) is 65.8 Å². The number of benzene rings is 2. The third kappa shape index (κ3) is 6.53. The third-order valence-corrected chi connectivity index (χ3v) is 14.8. The molecule has 3 unspecified atom stereocenters. The van der Waals surface area contributed by atoms with Gasteiger partial charge in [-0.15, -0.1) is 0 Å². The second kappa shape index (κ2) is 12.6. The maximum Gasteiger partial charge on any atom is 0.258 e. The van der Waals surface area contributed by atoms with Crippen LogP contribution in [0.25, 0.3) is 0 Å². The number of hydrogen-bond donors (Lipinski definition) is 3. The monoisotopic (exact) mass is 541 g/mol. The van der Waals surface area contributed by atoms with Gasteiger partial charge in [0, 0.05) is 13.2 Å². The molecule has 3 N–H and O–H groups in total. The van der Waals surface area contributed by atoms with E-state index in [0.29, 0.717) is 49.0 Å². The molecule has 1 saturated heterocycles. The van der Waals surface area contributed by atoms with Gasteiger partial charge in [0.05, 0.1) is 18.3 Å². The van der Waals surface area contributed by atoms with E-state index >= 15 is 0 Å². The zero-order valence-electron chi connectivity index (χ0n) is 25.1. The van der Waals surface area contributed by atoms with Gasteiger partial charge in [0.25, 0.3) is 8.32 Å². The van der Waals surface area contributed by atoms with Crippen LogP contribution < -0.4 is 9.74 Å². The van der Waals surface area contributed by atoms with Gasteiger partial charge < -0.3 is 24.7 Å². The van der Waals surface area contributed by atoms with Gasteiger partial charge >= 0.3 is 0 Å². The molecule has 5 nitrogen and oxygen atoms in total. The van der Waals surface area contributed by atoms with E-state index in [1.807, 2.05) is 24.3 Å². The topological polar surface area (TPSA) is 71.0 Å². The van der Waals surface area contributed by atoms with Crippen LogP contribution in [0.15, 0.2) is 36.4 Å². The molecule has 6 heteroatoms. The van der Waals surface area contributed by atoms with Crippen molar-refractivity contribution in [3.05, 3.63) is 64.2 Å². The number of aliphatic hydroxyl groups excluding tert-OH is 1. The van der Waals surface area contributed by atoms with E-state index in [1.54, 1.807) is 7.11 Å². The number of piperidine rings is 1. The fourth-order valence-electron chi connectivity index (χ4n) is 6.79. The molecule has 0 aliphatic carbocycles. The predicted octanol–water partition coefficient (Wildman–Crippen LogP) is 7.07. The summed E-state index contributed by atoms with van der Waals surface area (Å²) in [4.78, 5) is 0. The third-order valence-electron chi connectivity index (χ3n) is 8.78. The van der Waals surface area contributed by atoms with Crippen LogP contribution in [0, 0.1) is 13.8 Å². The van der Waals surface area contributed by atoms with Gasteiger partial charge in [-0.2, -0.15) is 0 Å². The highest BCUT2D eigenvalue weighted by Crippen LogP contribution is 2.44. The number of hydrogen-bond acceptors (Lipinski definition) is 5. The van der Waals surface area contributed by atoms with Gasteiger partial charge in [0.2, 0.25) is 0 Å². The van der Waals surface area contributed by atoms with Gasteiger partial charge in [-0.3, -0.25) is 0 Å². The second-order valence-electron chi connectivity index (χ2n) is 12.4. The lowest BCUT2D eigenvalue weighted by Crippen LogP contribution is -2.50. The first kappa shape index (κ1) is 30.8. The van der Waals surface area contributed by atoms with E-state index in [2.05, 4.69) is 72.8 Å². The molecule has 0 radical (unpaired) electrons. The summed E-state index contributed by atoms with van der Waals surface area (Å²) in [6.07, 6.45) is 1.15. The maximum atomic E-state index is 11.5. The molecule has 3 rings (SSSR count). The molecule has 0 aromatic heterocycles. The number of aliphatic hydroxyl groups is 2. The van der Waals surface area contributed by atoms with Crippen molar-refractivity contribution in [1.82, 2.24) is 5.32 Å². The lowest BCUT2D eigenvalue weighted by Gasteiger charge is -2.42. The Kier molecular flexibility index (Phi) is 10.3. The molecule has 1 fully saturated rings. The Morgan fingerprint density at radius 3 is 2.13 bits per heavy atom. The number of methoxy groups -OCH3 is 1. The average molecular weight is 542 g/mol. The lowest BCUT2D eigenvalue weighted by molar-refractivity contribution is -0.0163. The van der Waals surface area contributed by atoms with Crippen molar-refractivity contribution in [2.75, 3.05) is 13.7 Å². The van der Waals surface area contributed by atoms with Crippen LogP contribution in [-0.2, 0) is 16.9 Å². The summed E-state index contributed by atoms with van der Waals surface area (Å²) in [7, 11) is -0.380. The largest absolute Gasteiger partial charge is 0.543 e. The Bertz CT molecular complexity index is 1030. The van der Waals surface area contributed by atoms with Crippen molar-refractivity contribution in [3.63, 3.8) is 0 Å². The van der Waals surface area contributed by atoms with Crippen LogP contribution in [0.5, 0.6) is 5.75 Å². The highest BCUT2D eigenvalue weighted by Gasteiger charge is 2.47. The van der Waals surface area contributed by atoms with E-state index in [1.165, 1.54) is 0 Å². The normalized spacial score (nSPS) is 21.4. The van der Waals surface area contributed by atoms with Crippen LogP contribution in [0.1, 0.15) is 94.7 Å². The minimum Gasteiger partial charge on any atom is -0.543 e. The molecule has 2 aromatic carbocycles. The Balaban J connectivity index is 1.77. The summed E-state index contributed by atoms with van der Waals surface area (Å²) in [5.41, 5.74) is 5.70. The number of aryl methyl sites for hydroxylation is 2. The molecule has 212 valence electrons. The van der Waals surface area contributed by atoms with Crippen molar-refractivity contribution in [2.24, 2.45) is 0 Å². The van der Waals surface area contributed by atoms with E-state index in [-0.39, 0.29) is 6.04 Å². The molecular formula is C32H51NO4Si. The molecular weight excluding hydrogens is 490 g/mol. The first-order valence-corrected chi connectivity index (χ1v) is 16.5. The molecule has 0 bridgehead atoms. The minimum atomic E-state index is -2.07. The number of nitrogens with one attached hydrogen (secondary N) is 1. The van der Waals surface area contributed by atoms with Crippen LogP contribution in [-0.4, -0.2) is 38.2 Å². The molecule has 38 heavy (non-hydrogen) atoms. The Labute approximate surface area is 232 Å². The second-order valence-corrected chi connectivity index (χ2v) is 17.8.